The summed E-state index contributed by atoms with van der Waals surface area (Å²) < 4.78 is 13.1. The molecule has 0 radical (unpaired) electrons. The average molecular weight is 231 g/mol. The van der Waals surface area contributed by atoms with Crippen LogP contribution in [0.5, 0.6) is 0 Å². The van der Waals surface area contributed by atoms with Crippen molar-refractivity contribution in [1.82, 2.24) is 0 Å². The van der Waals surface area contributed by atoms with Gasteiger partial charge in [-0.25, -0.2) is 4.39 Å². The van der Waals surface area contributed by atoms with Gasteiger partial charge in [-0.15, -0.1) is 0 Å². The van der Waals surface area contributed by atoms with Gasteiger partial charge < -0.3 is 15.4 Å². The van der Waals surface area contributed by atoms with Crippen LogP contribution in [-0.4, -0.2) is 17.2 Å². The molecule has 0 aliphatic rings. The molecule has 0 aliphatic carbocycles. The van der Waals surface area contributed by atoms with Gasteiger partial charge in [-0.3, -0.25) is 0 Å². The predicted molar refractivity (Wildman–Crippen MR) is 59.2 cm³/mol. The van der Waals surface area contributed by atoms with Gasteiger partial charge >= 0.3 is 7.12 Å². The summed E-state index contributed by atoms with van der Waals surface area (Å²) in [5.41, 5.74) is -0.114. The molecule has 0 unspecified atom stereocenters. The molecule has 7 heteroatoms. The van der Waals surface area contributed by atoms with Crippen LogP contribution in [0.15, 0.2) is 30.0 Å². The van der Waals surface area contributed by atoms with E-state index in [0.29, 0.717) is 5.69 Å². The standard InChI is InChI=1S/C10H7BFN3O2/c12-10-2-1-8(3-9(10)11(16)17)15-6-7(4-13)5-14/h1-3,6,15-17H. The maximum absolute atomic E-state index is 13.1. The van der Waals surface area contributed by atoms with E-state index in [1.807, 2.05) is 0 Å². The van der Waals surface area contributed by atoms with Crippen LogP contribution in [0.25, 0.3) is 0 Å². The first-order valence-electron chi connectivity index (χ1n) is 4.51. The largest absolute Gasteiger partial charge is 0.491 e. The summed E-state index contributed by atoms with van der Waals surface area (Å²) in [4.78, 5) is 0. The average Bonchev–Trinajstić information content (AvgIpc) is 2.32. The summed E-state index contributed by atoms with van der Waals surface area (Å²) in [6, 6.07) is 6.82. The van der Waals surface area contributed by atoms with E-state index in [0.717, 1.165) is 12.3 Å². The fourth-order valence-corrected chi connectivity index (χ4v) is 1.08. The van der Waals surface area contributed by atoms with Gasteiger partial charge in [-0.2, -0.15) is 10.5 Å². The van der Waals surface area contributed by atoms with E-state index in [4.69, 9.17) is 20.6 Å². The lowest BCUT2D eigenvalue weighted by Crippen LogP contribution is -2.32. The minimum absolute atomic E-state index is 0.152. The number of nitrogens with zero attached hydrogens (tertiary/aromatic N) is 2. The summed E-state index contributed by atoms with van der Waals surface area (Å²) in [7, 11) is -1.92. The number of allylic oxidation sites excluding steroid dienone is 1. The third kappa shape index (κ3) is 3.31. The Hall–Kier alpha value is -2.35. The Morgan fingerprint density at radius 2 is 2.00 bits per heavy atom. The minimum Gasteiger partial charge on any atom is -0.423 e. The molecular formula is C10H7BFN3O2. The van der Waals surface area contributed by atoms with Crippen molar-refractivity contribution in [2.75, 3.05) is 5.32 Å². The molecule has 3 N–H and O–H groups in total. The van der Waals surface area contributed by atoms with Crippen LogP contribution < -0.4 is 10.8 Å². The second-order valence-corrected chi connectivity index (χ2v) is 3.04. The SMILES string of the molecule is N#CC(C#N)=CNc1ccc(F)c(B(O)O)c1. The topological polar surface area (TPSA) is 100 Å². The summed E-state index contributed by atoms with van der Waals surface area (Å²) in [5.74, 6) is -0.754. The Morgan fingerprint density at radius 3 is 2.53 bits per heavy atom. The molecule has 1 aromatic rings. The molecular weight excluding hydrogens is 224 g/mol. The molecule has 0 spiro atoms. The van der Waals surface area contributed by atoms with E-state index in [2.05, 4.69) is 5.32 Å². The summed E-state index contributed by atoms with van der Waals surface area (Å²) in [6.07, 6.45) is 1.14. The maximum atomic E-state index is 13.1. The first-order valence-corrected chi connectivity index (χ1v) is 4.51. The number of nitrogens with one attached hydrogen (secondary N) is 1. The van der Waals surface area contributed by atoms with Crippen LogP contribution in [0.2, 0.25) is 0 Å². The van der Waals surface area contributed by atoms with E-state index < -0.39 is 12.9 Å². The van der Waals surface area contributed by atoms with E-state index >= 15 is 0 Å². The first-order chi connectivity index (χ1) is 8.08. The normalized spacial score (nSPS) is 8.76. The Balaban J connectivity index is 2.96. The highest BCUT2D eigenvalue weighted by molar-refractivity contribution is 6.58. The van der Waals surface area contributed by atoms with Gasteiger partial charge in [0.05, 0.1) is 0 Å². The molecule has 17 heavy (non-hydrogen) atoms. The highest BCUT2D eigenvalue weighted by atomic mass is 19.1. The molecule has 0 fully saturated rings. The van der Waals surface area contributed by atoms with Crippen molar-refractivity contribution in [3.05, 3.63) is 35.8 Å². The van der Waals surface area contributed by atoms with Crippen LogP contribution in [-0.2, 0) is 0 Å². The number of hydrogen-bond acceptors (Lipinski definition) is 5. The lowest BCUT2D eigenvalue weighted by molar-refractivity contribution is 0.423. The van der Waals surface area contributed by atoms with Crippen LogP contribution in [0, 0.1) is 28.5 Å². The third-order valence-corrected chi connectivity index (χ3v) is 1.90. The minimum atomic E-state index is -1.92. The van der Waals surface area contributed by atoms with Gasteiger partial charge in [0.2, 0.25) is 0 Å². The maximum Gasteiger partial charge on any atom is 0.491 e. The van der Waals surface area contributed by atoms with Crippen LogP contribution in [0.3, 0.4) is 0 Å². The Labute approximate surface area is 97.2 Å². The first kappa shape index (κ1) is 12.7. The van der Waals surface area contributed by atoms with Gasteiger partial charge in [0.25, 0.3) is 0 Å². The van der Waals surface area contributed by atoms with Gasteiger partial charge in [-0.05, 0) is 18.2 Å². The van der Waals surface area contributed by atoms with Crippen molar-refractivity contribution in [2.45, 2.75) is 0 Å². The number of nitriles is 2. The molecule has 0 aliphatic heterocycles. The van der Waals surface area contributed by atoms with Gasteiger partial charge in [0.1, 0.15) is 23.5 Å². The van der Waals surface area contributed by atoms with Crippen LogP contribution >= 0.6 is 0 Å². The molecule has 0 saturated heterocycles. The number of anilines is 1. The zero-order valence-electron chi connectivity index (χ0n) is 8.55. The fraction of sp³-hybridized carbons (Fsp3) is 0. The summed E-state index contributed by atoms with van der Waals surface area (Å²) in [6.45, 7) is 0. The molecule has 84 valence electrons. The highest BCUT2D eigenvalue weighted by Gasteiger charge is 2.16. The third-order valence-electron chi connectivity index (χ3n) is 1.90. The molecule has 0 aromatic heterocycles. The Kier molecular flexibility index (Phi) is 4.24. The van der Waals surface area contributed by atoms with Crippen LogP contribution in [0.4, 0.5) is 10.1 Å². The molecule has 0 amide bonds. The van der Waals surface area contributed by atoms with Crippen LogP contribution in [0.1, 0.15) is 0 Å². The number of rotatable bonds is 3. The van der Waals surface area contributed by atoms with E-state index in [-0.39, 0.29) is 11.0 Å². The lowest BCUT2D eigenvalue weighted by atomic mass is 9.79. The molecule has 0 bridgehead atoms. The fourth-order valence-electron chi connectivity index (χ4n) is 1.08. The second kappa shape index (κ2) is 5.66. The zero-order valence-corrected chi connectivity index (χ0v) is 8.55. The van der Waals surface area contributed by atoms with Crippen molar-refractivity contribution in [3.8, 4) is 12.1 Å². The zero-order chi connectivity index (χ0) is 12.8. The highest BCUT2D eigenvalue weighted by Crippen LogP contribution is 2.07. The second-order valence-electron chi connectivity index (χ2n) is 3.04. The molecule has 0 atom stereocenters. The van der Waals surface area contributed by atoms with Gasteiger partial charge in [0.15, 0.2) is 0 Å². The summed E-state index contributed by atoms with van der Waals surface area (Å²) >= 11 is 0. The molecule has 5 nitrogen and oxygen atoms in total. The number of benzene rings is 1. The Morgan fingerprint density at radius 1 is 1.35 bits per heavy atom. The quantitative estimate of drug-likeness (QED) is 0.496. The smallest absolute Gasteiger partial charge is 0.423 e. The molecule has 0 saturated carbocycles. The molecule has 1 rings (SSSR count). The predicted octanol–water partition coefficient (Wildman–Crippen LogP) is -0.152. The van der Waals surface area contributed by atoms with Crippen molar-refractivity contribution in [3.63, 3.8) is 0 Å². The van der Waals surface area contributed by atoms with Gasteiger partial charge in [0, 0.05) is 17.4 Å². The van der Waals surface area contributed by atoms with Crippen molar-refractivity contribution < 1.29 is 14.4 Å². The van der Waals surface area contributed by atoms with Gasteiger partial charge in [-0.1, -0.05) is 0 Å². The van der Waals surface area contributed by atoms with E-state index in [1.165, 1.54) is 12.1 Å². The lowest BCUT2D eigenvalue weighted by Gasteiger charge is -2.05. The monoisotopic (exact) mass is 231 g/mol. The molecule has 0 heterocycles. The van der Waals surface area contributed by atoms with Crippen molar-refractivity contribution >= 4 is 18.3 Å². The Bertz CT molecular complexity index is 515. The molecule has 1 aromatic carbocycles. The van der Waals surface area contributed by atoms with Crippen molar-refractivity contribution in [1.29, 1.82) is 10.5 Å². The summed E-state index contributed by atoms with van der Waals surface area (Å²) in [5, 5.41) is 37.2. The van der Waals surface area contributed by atoms with E-state index in [1.54, 1.807) is 12.1 Å². The number of hydrogen-bond donors (Lipinski definition) is 3. The number of halogens is 1. The van der Waals surface area contributed by atoms with Crippen molar-refractivity contribution in [2.24, 2.45) is 0 Å². The van der Waals surface area contributed by atoms with E-state index in [9.17, 15) is 4.39 Å².